The predicted octanol–water partition coefficient (Wildman–Crippen LogP) is 3.60. The van der Waals surface area contributed by atoms with Crippen LogP contribution >= 0.6 is 0 Å². The lowest BCUT2D eigenvalue weighted by molar-refractivity contribution is -0.153. The highest BCUT2D eigenvalue weighted by molar-refractivity contribution is 5.74. The van der Waals surface area contributed by atoms with Gasteiger partial charge in [-0.25, -0.2) is 0 Å². The van der Waals surface area contributed by atoms with Crippen LogP contribution in [0.1, 0.15) is 72.1 Å². The summed E-state index contributed by atoms with van der Waals surface area (Å²) in [5.41, 5.74) is -1.34. The van der Waals surface area contributed by atoms with Gasteiger partial charge in [-0.3, -0.25) is 4.79 Å². The maximum absolute atomic E-state index is 11.6. The lowest BCUT2D eigenvalue weighted by Gasteiger charge is -2.38. The van der Waals surface area contributed by atoms with Gasteiger partial charge in [0.05, 0.1) is 11.0 Å². The Balaban J connectivity index is 2.59. The predicted molar refractivity (Wildman–Crippen MR) is 72.5 cm³/mol. The molecule has 0 aliphatic heterocycles. The molecule has 1 fully saturated rings. The molecule has 1 rings (SSSR count). The van der Waals surface area contributed by atoms with Crippen molar-refractivity contribution < 1.29 is 15.0 Å². The molecule has 0 aromatic heterocycles. The zero-order valence-electron chi connectivity index (χ0n) is 12.0. The maximum atomic E-state index is 11.6. The number of hydrogen-bond acceptors (Lipinski definition) is 2. The van der Waals surface area contributed by atoms with Gasteiger partial charge in [0, 0.05) is 0 Å². The van der Waals surface area contributed by atoms with E-state index in [2.05, 4.69) is 6.92 Å². The number of aliphatic carboxylic acids is 1. The minimum absolute atomic E-state index is 0.567. The van der Waals surface area contributed by atoms with Crippen molar-refractivity contribution in [1.82, 2.24) is 0 Å². The zero-order valence-corrected chi connectivity index (χ0v) is 12.0. The van der Waals surface area contributed by atoms with Crippen LogP contribution in [-0.2, 0) is 4.79 Å². The second-order valence-electron chi connectivity index (χ2n) is 6.63. The van der Waals surface area contributed by atoms with Crippen molar-refractivity contribution in [2.24, 2.45) is 11.3 Å². The van der Waals surface area contributed by atoms with E-state index in [1.54, 1.807) is 13.8 Å². The van der Waals surface area contributed by atoms with Gasteiger partial charge in [-0.15, -0.1) is 0 Å². The Morgan fingerprint density at radius 2 is 1.89 bits per heavy atom. The van der Waals surface area contributed by atoms with E-state index in [-0.39, 0.29) is 0 Å². The van der Waals surface area contributed by atoms with Crippen molar-refractivity contribution in [3.05, 3.63) is 0 Å². The molecule has 18 heavy (non-hydrogen) atoms. The van der Waals surface area contributed by atoms with Crippen LogP contribution in [0.25, 0.3) is 0 Å². The fourth-order valence-electron chi connectivity index (χ4n) is 3.04. The Hall–Kier alpha value is -0.570. The Kier molecular flexibility index (Phi) is 5.20. The summed E-state index contributed by atoms with van der Waals surface area (Å²) in [6.07, 6.45) is 7.21. The van der Waals surface area contributed by atoms with Gasteiger partial charge in [0.25, 0.3) is 0 Å². The van der Waals surface area contributed by atoms with Crippen molar-refractivity contribution >= 4 is 5.97 Å². The standard InChI is InChI=1S/C15H28O3/c1-4-5-12-6-8-15(9-7-12,13(16)17)11-10-14(2,3)18/h12,18H,4-11H2,1-3H3,(H,16,17). The molecule has 0 bridgehead atoms. The highest BCUT2D eigenvalue weighted by Crippen LogP contribution is 2.44. The number of carboxylic acid groups (broad SMARTS) is 1. The average molecular weight is 256 g/mol. The molecule has 0 amide bonds. The van der Waals surface area contributed by atoms with E-state index in [1.807, 2.05) is 0 Å². The van der Waals surface area contributed by atoms with Gasteiger partial charge in [-0.1, -0.05) is 19.8 Å². The van der Waals surface area contributed by atoms with Crippen LogP contribution in [0, 0.1) is 11.3 Å². The quantitative estimate of drug-likeness (QED) is 0.763. The summed E-state index contributed by atoms with van der Waals surface area (Å²) in [4.78, 5) is 11.6. The first-order valence-corrected chi connectivity index (χ1v) is 7.25. The molecule has 0 radical (unpaired) electrons. The number of carbonyl (C=O) groups is 1. The summed E-state index contributed by atoms with van der Waals surface area (Å²) in [5, 5.41) is 19.3. The summed E-state index contributed by atoms with van der Waals surface area (Å²) in [7, 11) is 0. The number of hydrogen-bond donors (Lipinski definition) is 2. The highest BCUT2D eigenvalue weighted by atomic mass is 16.4. The summed E-state index contributed by atoms with van der Waals surface area (Å²) in [6, 6.07) is 0. The van der Waals surface area contributed by atoms with Gasteiger partial charge >= 0.3 is 5.97 Å². The third-order valence-electron chi connectivity index (χ3n) is 4.43. The average Bonchev–Trinajstić information content (AvgIpc) is 2.27. The van der Waals surface area contributed by atoms with E-state index in [1.165, 1.54) is 12.8 Å². The molecule has 0 aromatic carbocycles. The fourth-order valence-corrected chi connectivity index (χ4v) is 3.04. The van der Waals surface area contributed by atoms with Gasteiger partial charge in [0.15, 0.2) is 0 Å². The number of rotatable bonds is 6. The van der Waals surface area contributed by atoms with Crippen LogP contribution in [-0.4, -0.2) is 21.8 Å². The molecule has 0 atom stereocenters. The molecule has 3 heteroatoms. The lowest BCUT2D eigenvalue weighted by Crippen LogP contribution is -2.37. The number of aliphatic hydroxyl groups is 1. The topological polar surface area (TPSA) is 57.5 Å². The molecular weight excluding hydrogens is 228 g/mol. The minimum Gasteiger partial charge on any atom is -0.481 e. The SMILES string of the molecule is CCCC1CCC(CCC(C)(C)O)(C(=O)O)CC1. The molecule has 106 valence electrons. The molecule has 1 saturated carbocycles. The molecule has 0 saturated heterocycles. The van der Waals surface area contributed by atoms with Crippen molar-refractivity contribution in [3.63, 3.8) is 0 Å². The number of carboxylic acids is 1. The van der Waals surface area contributed by atoms with E-state index in [9.17, 15) is 15.0 Å². The van der Waals surface area contributed by atoms with Crippen molar-refractivity contribution in [3.8, 4) is 0 Å². The van der Waals surface area contributed by atoms with Crippen LogP contribution in [0.4, 0.5) is 0 Å². The van der Waals surface area contributed by atoms with Crippen LogP contribution in [0.2, 0.25) is 0 Å². The van der Waals surface area contributed by atoms with E-state index < -0.39 is 17.0 Å². The first kappa shape index (κ1) is 15.5. The monoisotopic (exact) mass is 256 g/mol. The summed E-state index contributed by atoms with van der Waals surface area (Å²) in [6.45, 7) is 5.70. The van der Waals surface area contributed by atoms with E-state index >= 15 is 0 Å². The van der Waals surface area contributed by atoms with E-state index in [0.29, 0.717) is 18.8 Å². The van der Waals surface area contributed by atoms with Crippen LogP contribution in [0.5, 0.6) is 0 Å². The van der Waals surface area contributed by atoms with Gasteiger partial charge in [0.2, 0.25) is 0 Å². The zero-order chi connectivity index (χ0) is 13.8. The minimum atomic E-state index is -0.761. The van der Waals surface area contributed by atoms with Gasteiger partial charge in [-0.2, -0.15) is 0 Å². The molecule has 1 aliphatic rings. The molecular formula is C15H28O3. The Morgan fingerprint density at radius 3 is 2.28 bits per heavy atom. The van der Waals surface area contributed by atoms with E-state index in [0.717, 1.165) is 25.7 Å². The van der Waals surface area contributed by atoms with Gasteiger partial charge < -0.3 is 10.2 Å². The second kappa shape index (κ2) is 6.05. The molecule has 0 heterocycles. The maximum Gasteiger partial charge on any atom is 0.309 e. The lowest BCUT2D eigenvalue weighted by atomic mass is 9.66. The van der Waals surface area contributed by atoms with E-state index in [4.69, 9.17) is 0 Å². The second-order valence-corrected chi connectivity index (χ2v) is 6.63. The molecule has 0 unspecified atom stereocenters. The molecule has 1 aliphatic carbocycles. The normalized spacial score (nSPS) is 29.2. The van der Waals surface area contributed by atoms with Crippen molar-refractivity contribution in [2.45, 2.75) is 77.7 Å². The molecule has 2 N–H and O–H groups in total. The Morgan fingerprint density at radius 1 is 1.33 bits per heavy atom. The summed E-state index contributed by atoms with van der Waals surface area (Å²) < 4.78 is 0. The largest absolute Gasteiger partial charge is 0.481 e. The van der Waals surface area contributed by atoms with Gasteiger partial charge in [0.1, 0.15) is 0 Å². The smallest absolute Gasteiger partial charge is 0.309 e. The van der Waals surface area contributed by atoms with Crippen molar-refractivity contribution in [1.29, 1.82) is 0 Å². The third kappa shape index (κ3) is 4.27. The van der Waals surface area contributed by atoms with Gasteiger partial charge in [-0.05, 0) is 58.3 Å². The molecule has 0 spiro atoms. The van der Waals surface area contributed by atoms with Crippen LogP contribution in [0.15, 0.2) is 0 Å². The molecule has 0 aromatic rings. The Labute approximate surface area is 111 Å². The first-order valence-electron chi connectivity index (χ1n) is 7.25. The summed E-state index contributed by atoms with van der Waals surface area (Å²) >= 11 is 0. The highest BCUT2D eigenvalue weighted by Gasteiger charge is 2.42. The summed E-state index contributed by atoms with van der Waals surface area (Å²) in [5.74, 6) is 0.0475. The third-order valence-corrected chi connectivity index (χ3v) is 4.43. The molecule has 3 nitrogen and oxygen atoms in total. The van der Waals surface area contributed by atoms with Crippen LogP contribution in [0.3, 0.4) is 0 Å². The Bertz CT molecular complexity index is 270. The van der Waals surface area contributed by atoms with Crippen LogP contribution < -0.4 is 0 Å². The first-order chi connectivity index (χ1) is 8.29. The fraction of sp³-hybridized carbons (Fsp3) is 0.933. The van der Waals surface area contributed by atoms with Crippen molar-refractivity contribution in [2.75, 3.05) is 0 Å².